The van der Waals surface area contributed by atoms with E-state index in [1.165, 1.54) is 25.7 Å². The number of Topliss-reactive ketones (excluding diaryl/α,β-unsaturated/α-hetero) is 1. The molecular formula is C16H16BrNO. The molecule has 2 saturated carbocycles. The van der Waals surface area contributed by atoms with Gasteiger partial charge in [0.1, 0.15) is 5.92 Å². The van der Waals surface area contributed by atoms with E-state index in [1.807, 2.05) is 24.3 Å². The average molecular weight is 318 g/mol. The van der Waals surface area contributed by atoms with Crippen molar-refractivity contribution in [3.8, 4) is 6.07 Å². The van der Waals surface area contributed by atoms with Crippen LogP contribution in [-0.2, 0) is 4.79 Å². The lowest BCUT2D eigenvalue weighted by molar-refractivity contribution is -0.124. The minimum absolute atomic E-state index is 0.147. The van der Waals surface area contributed by atoms with Gasteiger partial charge in [0.25, 0.3) is 0 Å². The molecule has 0 heterocycles. The highest BCUT2D eigenvalue weighted by Crippen LogP contribution is 2.51. The maximum atomic E-state index is 12.7. The lowest BCUT2D eigenvalue weighted by Crippen LogP contribution is -2.24. The first kappa shape index (κ1) is 12.9. The first-order chi connectivity index (χ1) is 9.20. The van der Waals surface area contributed by atoms with Crippen molar-refractivity contribution in [2.75, 3.05) is 0 Å². The van der Waals surface area contributed by atoms with E-state index in [1.54, 1.807) is 0 Å². The molecule has 0 aliphatic heterocycles. The molecule has 0 aromatic heterocycles. The highest BCUT2D eigenvalue weighted by molar-refractivity contribution is 9.10. The molecule has 0 amide bonds. The highest BCUT2D eigenvalue weighted by atomic mass is 79.9. The molecule has 3 heteroatoms. The summed E-state index contributed by atoms with van der Waals surface area (Å²) in [6.45, 7) is 0. The fourth-order valence-corrected chi connectivity index (χ4v) is 3.17. The van der Waals surface area contributed by atoms with Crippen LogP contribution in [0.3, 0.4) is 0 Å². The molecular weight excluding hydrogens is 302 g/mol. The minimum Gasteiger partial charge on any atom is -0.298 e. The van der Waals surface area contributed by atoms with Gasteiger partial charge in [0.15, 0.2) is 5.78 Å². The summed E-state index contributed by atoms with van der Waals surface area (Å²) in [6, 6.07) is 9.78. The number of nitriles is 1. The van der Waals surface area contributed by atoms with Crippen LogP contribution in [0.5, 0.6) is 0 Å². The van der Waals surface area contributed by atoms with Crippen molar-refractivity contribution < 1.29 is 4.79 Å². The Morgan fingerprint density at radius 2 is 1.68 bits per heavy atom. The van der Waals surface area contributed by atoms with Gasteiger partial charge in [0, 0.05) is 10.4 Å². The molecule has 1 unspecified atom stereocenters. The van der Waals surface area contributed by atoms with Crippen molar-refractivity contribution in [2.24, 2.45) is 17.8 Å². The molecule has 2 aliphatic carbocycles. The summed E-state index contributed by atoms with van der Waals surface area (Å²) in [7, 11) is 0. The summed E-state index contributed by atoms with van der Waals surface area (Å²) in [5.41, 5.74) is 0.835. The maximum absolute atomic E-state index is 12.7. The smallest absolute Gasteiger partial charge is 0.158 e. The van der Waals surface area contributed by atoms with Gasteiger partial charge in [0.05, 0.1) is 6.07 Å². The van der Waals surface area contributed by atoms with Crippen LogP contribution in [-0.4, -0.2) is 5.78 Å². The van der Waals surface area contributed by atoms with Crippen molar-refractivity contribution in [3.05, 3.63) is 34.3 Å². The first-order valence-corrected chi connectivity index (χ1v) is 7.69. The van der Waals surface area contributed by atoms with E-state index in [4.69, 9.17) is 0 Å². The van der Waals surface area contributed by atoms with E-state index in [9.17, 15) is 10.1 Å². The molecule has 98 valence electrons. The Hall–Kier alpha value is -1.14. The number of halogens is 1. The van der Waals surface area contributed by atoms with E-state index in [0.717, 1.165) is 10.0 Å². The predicted octanol–water partition coefficient (Wildman–Crippen LogP) is 4.06. The van der Waals surface area contributed by atoms with E-state index < -0.39 is 5.92 Å². The van der Waals surface area contributed by atoms with Crippen LogP contribution in [0, 0.1) is 29.1 Å². The van der Waals surface area contributed by atoms with Gasteiger partial charge in [-0.3, -0.25) is 4.79 Å². The fraction of sp³-hybridized carbons (Fsp3) is 0.500. The summed E-state index contributed by atoms with van der Waals surface area (Å²) in [4.78, 5) is 12.7. The molecule has 2 nitrogen and oxygen atoms in total. The third-order valence-electron chi connectivity index (χ3n) is 4.21. The monoisotopic (exact) mass is 317 g/mol. The molecule has 0 spiro atoms. The van der Waals surface area contributed by atoms with Gasteiger partial charge >= 0.3 is 0 Å². The van der Waals surface area contributed by atoms with E-state index in [-0.39, 0.29) is 11.7 Å². The zero-order valence-corrected chi connectivity index (χ0v) is 12.3. The Labute approximate surface area is 121 Å². The topological polar surface area (TPSA) is 40.9 Å². The first-order valence-electron chi connectivity index (χ1n) is 6.89. The number of benzene rings is 1. The number of nitrogens with zero attached hydrogens (tertiary/aromatic N) is 1. The van der Waals surface area contributed by atoms with Crippen molar-refractivity contribution >= 4 is 21.7 Å². The van der Waals surface area contributed by atoms with Crippen LogP contribution in [0.2, 0.25) is 0 Å². The molecule has 1 atom stereocenters. The average Bonchev–Trinajstić information content (AvgIpc) is 3.26. The number of carbonyl (C=O) groups excluding carboxylic acids is 1. The maximum Gasteiger partial charge on any atom is 0.158 e. The fourth-order valence-electron chi connectivity index (χ4n) is 2.91. The molecule has 0 bridgehead atoms. The van der Waals surface area contributed by atoms with Gasteiger partial charge < -0.3 is 0 Å². The summed E-state index contributed by atoms with van der Waals surface area (Å²) in [5, 5.41) is 9.39. The van der Waals surface area contributed by atoms with Crippen molar-refractivity contribution in [1.82, 2.24) is 0 Å². The Morgan fingerprint density at radius 1 is 1.16 bits per heavy atom. The Bertz CT molecular complexity index is 511. The van der Waals surface area contributed by atoms with Gasteiger partial charge in [-0.1, -0.05) is 28.1 Å². The molecule has 0 saturated heterocycles. The molecule has 2 fully saturated rings. The number of carbonyl (C=O) groups is 1. The van der Waals surface area contributed by atoms with Gasteiger partial charge in [0.2, 0.25) is 0 Å². The zero-order valence-electron chi connectivity index (χ0n) is 10.7. The van der Waals surface area contributed by atoms with Gasteiger partial charge in [-0.25, -0.2) is 0 Å². The third-order valence-corrected chi connectivity index (χ3v) is 4.73. The van der Waals surface area contributed by atoms with Crippen LogP contribution in [0.15, 0.2) is 28.7 Å². The largest absolute Gasteiger partial charge is 0.298 e. The second-order valence-electron chi connectivity index (χ2n) is 5.72. The second-order valence-corrected chi connectivity index (χ2v) is 6.63. The predicted molar refractivity (Wildman–Crippen MR) is 76.4 cm³/mol. The molecule has 1 aromatic carbocycles. The SMILES string of the molecule is N#CC(C(=O)C(C1CC1)C1CC1)c1ccc(Br)cc1. The molecule has 0 N–H and O–H groups in total. The van der Waals surface area contributed by atoms with E-state index in [0.29, 0.717) is 11.8 Å². The van der Waals surface area contributed by atoms with Crippen LogP contribution < -0.4 is 0 Å². The van der Waals surface area contributed by atoms with Crippen molar-refractivity contribution in [3.63, 3.8) is 0 Å². The van der Waals surface area contributed by atoms with Crippen LogP contribution in [0.1, 0.15) is 37.2 Å². The summed E-state index contributed by atoms with van der Waals surface area (Å²) in [5.74, 6) is 0.847. The molecule has 19 heavy (non-hydrogen) atoms. The Balaban J connectivity index is 1.83. The third kappa shape index (κ3) is 2.74. The summed E-state index contributed by atoms with van der Waals surface area (Å²) in [6.07, 6.45) is 4.69. The zero-order chi connectivity index (χ0) is 13.4. The number of rotatable bonds is 5. The van der Waals surface area contributed by atoms with E-state index >= 15 is 0 Å². The Kier molecular flexibility index (Phi) is 3.45. The number of hydrogen-bond donors (Lipinski definition) is 0. The van der Waals surface area contributed by atoms with Crippen molar-refractivity contribution in [1.29, 1.82) is 5.26 Å². The quantitative estimate of drug-likeness (QED) is 0.821. The Morgan fingerprint density at radius 3 is 2.11 bits per heavy atom. The number of hydrogen-bond acceptors (Lipinski definition) is 2. The van der Waals surface area contributed by atoms with Crippen LogP contribution in [0.25, 0.3) is 0 Å². The molecule has 1 aromatic rings. The lowest BCUT2D eigenvalue weighted by Gasteiger charge is -2.18. The van der Waals surface area contributed by atoms with Gasteiger partial charge in [-0.15, -0.1) is 0 Å². The van der Waals surface area contributed by atoms with Gasteiger partial charge in [-0.05, 0) is 55.2 Å². The second kappa shape index (κ2) is 5.09. The standard InChI is InChI=1S/C16H16BrNO/c17-13-7-5-10(6-8-13)14(9-18)16(19)15(11-1-2-11)12-3-4-12/h5-8,11-12,14-15H,1-4H2. The normalized spacial score (nSPS) is 20.1. The van der Waals surface area contributed by atoms with Gasteiger partial charge in [-0.2, -0.15) is 5.26 Å². The minimum atomic E-state index is -0.584. The van der Waals surface area contributed by atoms with Crippen LogP contribution >= 0.6 is 15.9 Å². The van der Waals surface area contributed by atoms with E-state index in [2.05, 4.69) is 22.0 Å². The van der Waals surface area contributed by atoms with Crippen LogP contribution in [0.4, 0.5) is 0 Å². The summed E-state index contributed by atoms with van der Waals surface area (Å²) >= 11 is 3.38. The van der Waals surface area contributed by atoms with Crippen molar-refractivity contribution in [2.45, 2.75) is 31.6 Å². The molecule has 3 rings (SSSR count). The lowest BCUT2D eigenvalue weighted by atomic mass is 9.83. The highest BCUT2D eigenvalue weighted by Gasteiger charge is 2.47. The summed E-state index contributed by atoms with van der Waals surface area (Å²) < 4.78 is 0.973. The number of ketones is 1. The molecule has 2 aliphatic rings. The molecule has 0 radical (unpaired) electrons.